The number of hydrogen-bond donors (Lipinski definition) is 1. The number of aromatic nitrogens is 2. The van der Waals surface area contributed by atoms with Gasteiger partial charge in [0.25, 0.3) is 0 Å². The molecule has 3 heterocycles. The average molecular weight is 458 g/mol. The number of urea groups is 1. The van der Waals surface area contributed by atoms with E-state index in [1.807, 2.05) is 18.7 Å². The van der Waals surface area contributed by atoms with Crippen molar-refractivity contribution in [1.29, 1.82) is 0 Å². The number of halogens is 4. The van der Waals surface area contributed by atoms with Gasteiger partial charge in [0.15, 0.2) is 5.75 Å². The zero-order valence-electron chi connectivity index (χ0n) is 17.1. The van der Waals surface area contributed by atoms with E-state index in [4.69, 9.17) is 22.1 Å². The van der Waals surface area contributed by atoms with Crippen LogP contribution in [0.4, 0.5) is 23.9 Å². The number of ether oxygens (including phenoxy) is 1. The lowest BCUT2D eigenvalue weighted by Crippen LogP contribution is -2.73. The molecule has 7 nitrogen and oxygen atoms in total. The lowest BCUT2D eigenvalue weighted by atomic mass is 9.73. The van der Waals surface area contributed by atoms with Crippen molar-refractivity contribution < 1.29 is 22.7 Å². The maximum Gasteiger partial charge on any atom is 0.416 e. The highest BCUT2D eigenvalue weighted by Crippen LogP contribution is 2.41. The molecule has 0 aliphatic carbocycles. The van der Waals surface area contributed by atoms with Crippen LogP contribution in [0.1, 0.15) is 25.0 Å². The third-order valence-corrected chi connectivity index (χ3v) is 5.48. The van der Waals surface area contributed by atoms with E-state index >= 15 is 0 Å². The molecule has 2 aliphatic rings. The summed E-state index contributed by atoms with van der Waals surface area (Å²) in [6.45, 7) is 6.32. The van der Waals surface area contributed by atoms with Crippen LogP contribution < -0.4 is 15.4 Å². The zero-order chi connectivity index (χ0) is 22.8. The fourth-order valence-corrected chi connectivity index (χ4v) is 3.93. The first kappa shape index (κ1) is 22.9. The molecule has 2 aromatic rings. The Morgan fingerprint density at radius 3 is 2.35 bits per heavy atom. The third kappa shape index (κ3) is 4.79. The number of primary amides is 1. The number of alkyl halides is 3. The van der Waals surface area contributed by atoms with Crippen LogP contribution in [0.2, 0.25) is 5.02 Å². The predicted molar refractivity (Wildman–Crippen MR) is 110 cm³/mol. The quantitative estimate of drug-likeness (QED) is 0.751. The van der Waals surface area contributed by atoms with Gasteiger partial charge in [-0.15, -0.1) is 0 Å². The van der Waals surface area contributed by atoms with Gasteiger partial charge in [0.2, 0.25) is 5.95 Å². The molecule has 0 unspecified atom stereocenters. The monoisotopic (exact) mass is 457 g/mol. The van der Waals surface area contributed by atoms with Crippen LogP contribution in [-0.2, 0) is 12.8 Å². The van der Waals surface area contributed by atoms with Crippen LogP contribution in [-0.4, -0.2) is 47.1 Å². The molecule has 0 atom stereocenters. The lowest BCUT2D eigenvalue weighted by Gasteiger charge is -2.59. The molecule has 31 heavy (non-hydrogen) atoms. The smallest absolute Gasteiger partial charge is 0.416 e. The van der Waals surface area contributed by atoms with E-state index in [0.29, 0.717) is 32.1 Å². The first-order valence-electron chi connectivity index (χ1n) is 9.76. The molecule has 0 saturated carbocycles. The van der Waals surface area contributed by atoms with E-state index in [-0.39, 0.29) is 28.4 Å². The fourth-order valence-electron chi connectivity index (χ4n) is 3.70. The Bertz CT molecular complexity index is 925. The number of hydrogen-bond acceptors (Lipinski definition) is 5. The number of likely N-dealkylation sites (tertiary alicyclic amines) is 1. The minimum Gasteiger partial charge on any atom is -0.486 e. The number of carbonyl (C=O) groups is 1. The van der Waals surface area contributed by atoms with E-state index in [0.717, 1.165) is 6.07 Å². The van der Waals surface area contributed by atoms with Gasteiger partial charge in [-0.1, -0.05) is 31.5 Å². The van der Waals surface area contributed by atoms with Crippen molar-refractivity contribution in [2.24, 2.45) is 11.1 Å². The number of amides is 2. The molecule has 2 aliphatic heterocycles. The summed E-state index contributed by atoms with van der Waals surface area (Å²) in [5.41, 5.74) is 4.31. The predicted octanol–water partition coefficient (Wildman–Crippen LogP) is 3.95. The van der Waals surface area contributed by atoms with E-state index < -0.39 is 17.8 Å². The molecule has 2 N–H and O–H groups in total. The molecular weight excluding hydrogens is 435 g/mol. The van der Waals surface area contributed by atoms with Gasteiger partial charge in [0.05, 0.1) is 18.0 Å². The first-order valence-corrected chi connectivity index (χ1v) is 10.1. The molecule has 168 valence electrons. The Hall–Kier alpha value is -2.75. The average Bonchev–Trinajstić information content (AvgIpc) is 2.66. The van der Waals surface area contributed by atoms with Crippen molar-refractivity contribution >= 4 is 23.6 Å². The van der Waals surface area contributed by atoms with Gasteiger partial charge in [-0.25, -0.2) is 14.8 Å². The molecule has 2 fully saturated rings. The van der Waals surface area contributed by atoms with Crippen LogP contribution in [0.3, 0.4) is 0 Å². The maximum atomic E-state index is 13.1. The molecule has 0 radical (unpaired) electrons. The van der Waals surface area contributed by atoms with Gasteiger partial charge in [-0.05, 0) is 12.1 Å². The Balaban J connectivity index is 0.00000132. The number of rotatable bonds is 4. The molecular formula is C20H23ClF3N5O2. The highest BCUT2D eigenvalue weighted by molar-refractivity contribution is 6.31. The number of anilines is 1. The van der Waals surface area contributed by atoms with Gasteiger partial charge in [-0.3, -0.25) is 0 Å². The van der Waals surface area contributed by atoms with Gasteiger partial charge in [0, 0.05) is 42.2 Å². The second kappa shape index (κ2) is 8.78. The van der Waals surface area contributed by atoms with E-state index in [1.165, 1.54) is 24.5 Å². The van der Waals surface area contributed by atoms with Crippen molar-refractivity contribution in [1.82, 2.24) is 14.9 Å². The first-order chi connectivity index (χ1) is 14.7. The third-order valence-electron chi connectivity index (χ3n) is 5.12. The van der Waals surface area contributed by atoms with E-state index in [1.54, 1.807) is 4.90 Å². The van der Waals surface area contributed by atoms with E-state index in [9.17, 15) is 18.0 Å². The molecule has 2 saturated heterocycles. The Labute approximate surface area is 183 Å². The lowest BCUT2D eigenvalue weighted by molar-refractivity contribution is -0.138. The second-order valence-electron chi connectivity index (χ2n) is 7.32. The standard InChI is InChI=1S/C18H17ClF3N5O2.C2H6/c19-14-3-1-2-13(18(20,21)22)12(14)6-29-11-4-24-16(25-5-11)27-9-17(10-27)7-26(8-17)15(23)28;1-2/h1-5H,6-10H2,(H2,23,28);1-2H3. The molecule has 2 amide bonds. The summed E-state index contributed by atoms with van der Waals surface area (Å²) in [5.74, 6) is 0.731. The molecule has 1 spiro atoms. The van der Waals surface area contributed by atoms with Crippen molar-refractivity contribution in [2.75, 3.05) is 31.1 Å². The largest absolute Gasteiger partial charge is 0.486 e. The summed E-state index contributed by atoms with van der Waals surface area (Å²) >= 11 is 5.92. The van der Waals surface area contributed by atoms with Crippen LogP contribution in [0.25, 0.3) is 0 Å². The highest BCUT2D eigenvalue weighted by atomic mass is 35.5. The Kier molecular flexibility index (Phi) is 6.49. The van der Waals surface area contributed by atoms with Crippen molar-refractivity contribution in [3.8, 4) is 5.75 Å². The number of benzene rings is 1. The SMILES string of the molecule is CC.NC(=O)N1CC2(C1)CN(c1ncc(OCc3c(Cl)cccc3C(F)(F)F)cn1)C2. The Morgan fingerprint density at radius 1 is 1.19 bits per heavy atom. The van der Waals surface area contributed by atoms with Crippen LogP contribution in [0.5, 0.6) is 5.75 Å². The minimum atomic E-state index is -4.52. The molecule has 1 aromatic heterocycles. The zero-order valence-corrected chi connectivity index (χ0v) is 17.9. The summed E-state index contributed by atoms with van der Waals surface area (Å²) in [6.07, 6.45) is -1.70. The van der Waals surface area contributed by atoms with Gasteiger partial charge in [0.1, 0.15) is 6.61 Å². The number of carbonyl (C=O) groups excluding carboxylic acids is 1. The maximum absolute atomic E-state index is 13.1. The van der Waals surface area contributed by atoms with Gasteiger partial charge < -0.3 is 20.3 Å². The number of nitrogens with two attached hydrogens (primary N) is 1. The number of nitrogens with zero attached hydrogens (tertiary/aromatic N) is 4. The van der Waals surface area contributed by atoms with Crippen LogP contribution >= 0.6 is 11.6 Å². The van der Waals surface area contributed by atoms with Crippen LogP contribution in [0.15, 0.2) is 30.6 Å². The van der Waals surface area contributed by atoms with Crippen molar-refractivity contribution in [3.63, 3.8) is 0 Å². The fraction of sp³-hybridized carbons (Fsp3) is 0.450. The molecule has 0 bridgehead atoms. The summed E-state index contributed by atoms with van der Waals surface area (Å²) in [7, 11) is 0. The normalized spacial score (nSPS) is 16.7. The summed E-state index contributed by atoms with van der Waals surface area (Å²) in [6, 6.07) is 3.18. The summed E-state index contributed by atoms with van der Waals surface area (Å²) < 4.78 is 44.8. The summed E-state index contributed by atoms with van der Waals surface area (Å²) in [4.78, 5) is 23.1. The topological polar surface area (TPSA) is 84.6 Å². The van der Waals surface area contributed by atoms with Gasteiger partial charge >= 0.3 is 12.2 Å². The van der Waals surface area contributed by atoms with E-state index in [2.05, 4.69) is 9.97 Å². The second-order valence-corrected chi connectivity index (χ2v) is 7.73. The molecule has 11 heteroatoms. The molecule has 4 rings (SSSR count). The minimum absolute atomic E-state index is 0.0197. The molecule has 1 aromatic carbocycles. The Morgan fingerprint density at radius 2 is 1.81 bits per heavy atom. The highest BCUT2D eigenvalue weighted by Gasteiger charge is 2.53. The van der Waals surface area contributed by atoms with Crippen LogP contribution in [0, 0.1) is 5.41 Å². The van der Waals surface area contributed by atoms with Crippen molar-refractivity contribution in [2.45, 2.75) is 26.6 Å². The summed E-state index contributed by atoms with van der Waals surface area (Å²) in [5, 5.41) is -0.0197. The van der Waals surface area contributed by atoms with Gasteiger partial charge in [-0.2, -0.15) is 13.2 Å². The van der Waals surface area contributed by atoms with Crippen molar-refractivity contribution in [3.05, 3.63) is 46.7 Å².